The summed E-state index contributed by atoms with van der Waals surface area (Å²) < 4.78 is 28.1. The van der Waals surface area contributed by atoms with Crippen molar-refractivity contribution in [2.75, 3.05) is 30.3 Å². The SMILES string of the molecule is CCCNC1CCc2cc(NS(=O)(=O)c3ccc(N(C)C)cc3)ccc2C1. The van der Waals surface area contributed by atoms with Crippen LogP contribution in [0.25, 0.3) is 0 Å². The van der Waals surface area contributed by atoms with Crippen LogP contribution in [0.5, 0.6) is 0 Å². The van der Waals surface area contributed by atoms with Gasteiger partial charge in [0.1, 0.15) is 0 Å². The quantitative estimate of drug-likeness (QED) is 0.764. The Bertz CT molecular complexity index is 877. The van der Waals surface area contributed by atoms with Gasteiger partial charge in [0.2, 0.25) is 0 Å². The Hall–Kier alpha value is -2.05. The number of anilines is 2. The molecule has 0 aromatic heterocycles. The molecule has 5 nitrogen and oxygen atoms in total. The Kier molecular flexibility index (Phi) is 6.07. The number of hydrogen-bond donors (Lipinski definition) is 2. The lowest BCUT2D eigenvalue weighted by Gasteiger charge is -2.26. The average molecular weight is 388 g/mol. The van der Waals surface area contributed by atoms with Crippen LogP contribution in [0.2, 0.25) is 0 Å². The molecule has 0 amide bonds. The summed E-state index contributed by atoms with van der Waals surface area (Å²) in [6.07, 6.45) is 4.22. The molecule has 1 atom stereocenters. The Morgan fingerprint density at radius 1 is 1.07 bits per heavy atom. The molecule has 0 heterocycles. The van der Waals surface area contributed by atoms with Crippen molar-refractivity contribution in [3.8, 4) is 0 Å². The van der Waals surface area contributed by atoms with Gasteiger partial charge >= 0.3 is 0 Å². The molecule has 3 rings (SSSR count). The maximum Gasteiger partial charge on any atom is 0.261 e. The number of sulfonamides is 1. The van der Waals surface area contributed by atoms with Crippen molar-refractivity contribution < 1.29 is 8.42 Å². The molecule has 0 radical (unpaired) electrons. The number of benzene rings is 2. The molecule has 0 saturated heterocycles. The van der Waals surface area contributed by atoms with Gasteiger partial charge in [-0.15, -0.1) is 0 Å². The zero-order valence-corrected chi connectivity index (χ0v) is 17.1. The largest absolute Gasteiger partial charge is 0.378 e. The van der Waals surface area contributed by atoms with E-state index < -0.39 is 10.0 Å². The summed E-state index contributed by atoms with van der Waals surface area (Å²) in [4.78, 5) is 2.21. The van der Waals surface area contributed by atoms with E-state index in [4.69, 9.17) is 0 Å². The van der Waals surface area contributed by atoms with Gasteiger partial charge in [-0.25, -0.2) is 8.42 Å². The van der Waals surface area contributed by atoms with E-state index in [0.29, 0.717) is 11.7 Å². The predicted molar refractivity (Wildman–Crippen MR) is 112 cm³/mol. The monoisotopic (exact) mass is 387 g/mol. The lowest BCUT2D eigenvalue weighted by molar-refractivity contribution is 0.459. The highest BCUT2D eigenvalue weighted by Gasteiger charge is 2.20. The molecule has 1 aliphatic rings. The van der Waals surface area contributed by atoms with Crippen molar-refractivity contribution >= 4 is 21.4 Å². The maximum atomic E-state index is 12.7. The normalized spacial score (nSPS) is 16.6. The first kappa shape index (κ1) is 19.7. The van der Waals surface area contributed by atoms with Gasteiger partial charge in [-0.3, -0.25) is 4.72 Å². The smallest absolute Gasteiger partial charge is 0.261 e. The van der Waals surface area contributed by atoms with Gasteiger partial charge in [0.15, 0.2) is 0 Å². The minimum absolute atomic E-state index is 0.273. The molecule has 2 N–H and O–H groups in total. The number of fused-ring (bicyclic) bond motifs is 1. The topological polar surface area (TPSA) is 61.4 Å². The average Bonchev–Trinajstić information content (AvgIpc) is 2.66. The van der Waals surface area contributed by atoms with Crippen molar-refractivity contribution in [1.82, 2.24) is 5.32 Å². The van der Waals surface area contributed by atoms with Crippen LogP contribution < -0.4 is 14.9 Å². The lowest BCUT2D eigenvalue weighted by Crippen LogP contribution is -2.35. The third kappa shape index (κ3) is 4.82. The van der Waals surface area contributed by atoms with E-state index in [0.717, 1.165) is 37.9 Å². The Balaban J connectivity index is 1.72. The molecule has 1 unspecified atom stereocenters. The van der Waals surface area contributed by atoms with Crippen molar-refractivity contribution in [2.45, 2.75) is 43.5 Å². The Morgan fingerprint density at radius 3 is 2.48 bits per heavy atom. The molecule has 27 heavy (non-hydrogen) atoms. The van der Waals surface area contributed by atoms with Crippen molar-refractivity contribution in [3.63, 3.8) is 0 Å². The van der Waals surface area contributed by atoms with E-state index in [2.05, 4.69) is 23.0 Å². The summed E-state index contributed by atoms with van der Waals surface area (Å²) in [6.45, 7) is 3.22. The van der Waals surface area contributed by atoms with E-state index in [-0.39, 0.29) is 4.90 Å². The summed E-state index contributed by atoms with van der Waals surface area (Å²) >= 11 is 0. The lowest BCUT2D eigenvalue weighted by atomic mass is 9.88. The summed E-state index contributed by atoms with van der Waals surface area (Å²) in [5.74, 6) is 0. The summed E-state index contributed by atoms with van der Waals surface area (Å²) in [7, 11) is 0.270. The van der Waals surface area contributed by atoms with Crippen LogP contribution in [0.4, 0.5) is 11.4 Å². The molecule has 0 saturated carbocycles. The standard InChI is InChI=1S/C21H29N3O2S/c1-4-13-22-18-7-5-17-15-19(8-6-16(17)14-18)23-27(25,26)21-11-9-20(10-12-21)24(2)3/h6,8-12,15,18,22-23H,4-5,7,13-14H2,1-3H3. The number of rotatable bonds is 7. The van der Waals surface area contributed by atoms with E-state index >= 15 is 0 Å². The number of aryl methyl sites for hydroxylation is 1. The van der Waals surface area contributed by atoms with Crippen LogP contribution in [0.3, 0.4) is 0 Å². The van der Waals surface area contributed by atoms with Crippen LogP contribution in [-0.2, 0) is 22.9 Å². The van der Waals surface area contributed by atoms with E-state index in [1.165, 1.54) is 11.1 Å². The van der Waals surface area contributed by atoms with Crippen molar-refractivity contribution in [2.24, 2.45) is 0 Å². The minimum Gasteiger partial charge on any atom is -0.378 e. The fourth-order valence-electron chi connectivity index (χ4n) is 3.48. The van der Waals surface area contributed by atoms with E-state index in [9.17, 15) is 8.42 Å². The molecule has 0 spiro atoms. The van der Waals surface area contributed by atoms with E-state index in [1.807, 2.05) is 43.3 Å². The molecule has 0 bridgehead atoms. The molecule has 0 fully saturated rings. The molecule has 2 aromatic carbocycles. The van der Waals surface area contributed by atoms with Crippen LogP contribution in [0, 0.1) is 0 Å². The highest BCUT2D eigenvalue weighted by molar-refractivity contribution is 7.92. The molecular weight excluding hydrogens is 358 g/mol. The highest BCUT2D eigenvalue weighted by atomic mass is 32.2. The molecule has 146 valence electrons. The van der Waals surface area contributed by atoms with Crippen LogP contribution in [0.15, 0.2) is 47.4 Å². The first-order valence-corrected chi connectivity index (χ1v) is 11.0. The second-order valence-corrected chi connectivity index (χ2v) is 9.05. The minimum atomic E-state index is -3.59. The predicted octanol–water partition coefficient (Wildman–Crippen LogP) is 3.41. The van der Waals surface area contributed by atoms with E-state index in [1.54, 1.807) is 12.1 Å². The van der Waals surface area contributed by atoms with Crippen LogP contribution in [0.1, 0.15) is 30.9 Å². The molecule has 1 aliphatic carbocycles. The third-order valence-corrected chi connectivity index (χ3v) is 6.43. The zero-order chi connectivity index (χ0) is 19.4. The second kappa shape index (κ2) is 8.31. The number of nitrogens with one attached hydrogen (secondary N) is 2. The summed E-state index contributed by atoms with van der Waals surface area (Å²) in [5.41, 5.74) is 4.15. The zero-order valence-electron chi connectivity index (χ0n) is 16.3. The first-order valence-electron chi connectivity index (χ1n) is 9.54. The Labute approximate surface area is 162 Å². The van der Waals surface area contributed by atoms with Crippen molar-refractivity contribution in [1.29, 1.82) is 0 Å². The van der Waals surface area contributed by atoms with Crippen molar-refractivity contribution in [3.05, 3.63) is 53.6 Å². The van der Waals surface area contributed by atoms with Gasteiger partial charge in [-0.1, -0.05) is 13.0 Å². The number of hydrogen-bond acceptors (Lipinski definition) is 4. The van der Waals surface area contributed by atoms with Gasteiger partial charge in [0, 0.05) is 31.5 Å². The first-order chi connectivity index (χ1) is 12.9. The van der Waals surface area contributed by atoms with Gasteiger partial charge in [0.25, 0.3) is 10.0 Å². The van der Waals surface area contributed by atoms with Gasteiger partial charge < -0.3 is 10.2 Å². The summed E-state index contributed by atoms with van der Waals surface area (Å²) in [6, 6.07) is 13.3. The fourth-order valence-corrected chi connectivity index (χ4v) is 4.53. The maximum absolute atomic E-state index is 12.7. The number of nitrogens with zero attached hydrogens (tertiary/aromatic N) is 1. The molecule has 0 aliphatic heterocycles. The van der Waals surface area contributed by atoms with Crippen LogP contribution >= 0.6 is 0 Å². The van der Waals surface area contributed by atoms with Gasteiger partial charge in [-0.05, 0) is 79.8 Å². The summed E-state index contributed by atoms with van der Waals surface area (Å²) in [5, 5.41) is 3.58. The fraction of sp³-hybridized carbons (Fsp3) is 0.429. The third-order valence-electron chi connectivity index (χ3n) is 5.03. The highest BCUT2D eigenvalue weighted by Crippen LogP contribution is 2.26. The Morgan fingerprint density at radius 2 is 1.81 bits per heavy atom. The molecule has 6 heteroatoms. The van der Waals surface area contributed by atoms with Crippen LogP contribution in [-0.4, -0.2) is 35.1 Å². The molecular formula is C21H29N3O2S. The van der Waals surface area contributed by atoms with Gasteiger partial charge in [0.05, 0.1) is 4.90 Å². The second-order valence-electron chi connectivity index (χ2n) is 7.37. The van der Waals surface area contributed by atoms with Gasteiger partial charge in [-0.2, -0.15) is 0 Å². The molecule has 2 aromatic rings.